The fraction of sp³-hybridized carbons (Fsp3) is 0.423. The number of hydrogen-bond donors (Lipinski definition) is 3. The Labute approximate surface area is 206 Å². The van der Waals surface area contributed by atoms with Crippen LogP contribution in [-0.2, 0) is 11.2 Å². The summed E-state index contributed by atoms with van der Waals surface area (Å²) in [5, 5.41) is 15.5. The molecular weight excluding hydrogens is 457 g/mol. The Hall–Kier alpha value is -1.89. The van der Waals surface area contributed by atoms with Crippen LogP contribution < -0.4 is 11.1 Å². The number of halogens is 2. The van der Waals surface area contributed by atoms with Crippen molar-refractivity contribution < 1.29 is 9.84 Å². The summed E-state index contributed by atoms with van der Waals surface area (Å²) in [5.41, 5.74) is 8.92. The number of pyridine rings is 1. The number of nitrogen functional groups attached to an aromatic ring is 1. The van der Waals surface area contributed by atoms with E-state index in [1.807, 2.05) is 12.1 Å². The Balaban J connectivity index is 1.16. The number of unbranched alkanes of at least 4 members (excludes halogenated alkanes) is 3. The summed E-state index contributed by atoms with van der Waals surface area (Å²) in [6.07, 6.45) is 5.66. The number of aliphatic hydroxyl groups excluding tert-OH is 1. The number of anilines is 1. The van der Waals surface area contributed by atoms with Gasteiger partial charge in [0.25, 0.3) is 0 Å². The first kappa shape index (κ1) is 25.7. The molecule has 0 aliphatic rings. The van der Waals surface area contributed by atoms with Crippen LogP contribution in [0.2, 0.25) is 10.0 Å². The molecule has 0 saturated heterocycles. The van der Waals surface area contributed by atoms with Gasteiger partial charge in [0.1, 0.15) is 0 Å². The molecule has 0 aliphatic heterocycles. The van der Waals surface area contributed by atoms with Gasteiger partial charge in [0, 0.05) is 30.8 Å². The van der Waals surface area contributed by atoms with Gasteiger partial charge in [0.15, 0.2) is 0 Å². The summed E-state index contributed by atoms with van der Waals surface area (Å²) in [7, 11) is 0. The molecule has 178 valence electrons. The summed E-state index contributed by atoms with van der Waals surface area (Å²) in [5.74, 6) is 0. The molecule has 0 aliphatic carbocycles. The Kier molecular flexibility index (Phi) is 10.7. The van der Waals surface area contributed by atoms with Crippen molar-refractivity contribution in [3.05, 3.63) is 69.8 Å². The number of aryl methyl sites for hydroxylation is 1. The van der Waals surface area contributed by atoms with Crippen LogP contribution in [0.4, 0.5) is 5.69 Å². The van der Waals surface area contributed by atoms with Gasteiger partial charge in [-0.2, -0.15) is 0 Å². The second-order valence-electron chi connectivity index (χ2n) is 8.24. The van der Waals surface area contributed by atoms with Gasteiger partial charge in [-0.1, -0.05) is 60.3 Å². The zero-order valence-electron chi connectivity index (χ0n) is 18.9. The third-order valence-electron chi connectivity index (χ3n) is 5.59. The van der Waals surface area contributed by atoms with Crippen LogP contribution in [0, 0.1) is 0 Å². The lowest BCUT2D eigenvalue weighted by atomic mass is 10.1. The average Bonchev–Trinajstić information content (AvgIpc) is 2.82. The molecule has 3 aromatic rings. The first-order valence-electron chi connectivity index (χ1n) is 11.6. The number of benzene rings is 2. The number of ether oxygens (including phenoxy) is 1. The maximum atomic E-state index is 10.3. The second-order valence-corrected chi connectivity index (χ2v) is 9.06. The smallest absolute Gasteiger partial charge is 0.0915 e. The van der Waals surface area contributed by atoms with Crippen LogP contribution in [0.15, 0.2) is 48.5 Å². The van der Waals surface area contributed by atoms with E-state index in [4.69, 9.17) is 38.7 Å². The van der Waals surface area contributed by atoms with Gasteiger partial charge in [-0.3, -0.25) is 4.98 Å². The van der Waals surface area contributed by atoms with E-state index in [1.165, 1.54) is 5.39 Å². The van der Waals surface area contributed by atoms with Gasteiger partial charge < -0.3 is 20.9 Å². The third-order valence-corrected chi connectivity index (χ3v) is 6.22. The number of para-hydroxylation sites is 1. The van der Waals surface area contributed by atoms with Crippen molar-refractivity contribution in [2.45, 2.75) is 44.6 Å². The van der Waals surface area contributed by atoms with Crippen LogP contribution in [0.5, 0.6) is 0 Å². The third kappa shape index (κ3) is 8.43. The van der Waals surface area contributed by atoms with Crippen molar-refractivity contribution in [1.29, 1.82) is 0 Å². The van der Waals surface area contributed by atoms with Crippen molar-refractivity contribution in [3.8, 4) is 0 Å². The number of hydrogen-bond acceptors (Lipinski definition) is 5. The van der Waals surface area contributed by atoms with Gasteiger partial charge >= 0.3 is 0 Å². The van der Waals surface area contributed by atoms with E-state index in [1.54, 1.807) is 12.1 Å². The number of rotatable bonds is 14. The molecule has 7 heteroatoms. The summed E-state index contributed by atoms with van der Waals surface area (Å²) >= 11 is 12.1. The first-order chi connectivity index (χ1) is 16.0. The number of nitrogens with one attached hydrogen (secondary N) is 1. The fourth-order valence-electron chi connectivity index (χ4n) is 3.67. The minimum atomic E-state index is -0.668. The molecular formula is C26H33Cl2N3O2. The molecule has 2 aromatic carbocycles. The van der Waals surface area contributed by atoms with E-state index in [2.05, 4.69) is 29.6 Å². The minimum absolute atomic E-state index is 0.341. The lowest BCUT2D eigenvalue weighted by molar-refractivity contribution is 0.127. The normalized spacial score (nSPS) is 12.3. The molecule has 33 heavy (non-hydrogen) atoms. The molecule has 1 atom stereocenters. The van der Waals surface area contributed by atoms with Gasteiger partial charge in [0.05, 0.1) is 27.4 Å². The maximum absolute atomic E-state index is 10.3. The van der Waals surface area contributed by atoms with E-state index < -0.39 is 6.10 Å². The molecule has 5 nitrogen and oxygen atoms in total. The predicted octanol–water partition coefficient (Wildman–Crippen LogP) is 5.96. The number of nitrogens with two attached hydrogens (primary N) is 1. The topological polar surface area (TPSA) is 80.4 Å². The van der Waals surface area contributed by atoms with Crippen LogP contribution >= 0.6 is 23.2 Å². The molecule has 0 bridgehead atoms. The van der Waals surface area contributed by atoms with Gasteiger partial charge in [0.2, 0.25) is 0 Å². The Bertz CT molecular complexity index is 993. The molecule has 0 amide bonds. The zero-order valence-corrected chi connectivity index (χ0v) is 20.4. The number of aliphatic hydroxyl groups is 1. The van der Waals surface area contributed by atoms with Gasteiger partial charge in [-0.15, -0.1) is 0 Å². The van der Waals surface area contributed by atoms with Crippen molar-refractivity contribution in [3.63, 3.8) is 0 Å². The van der Waals surface area contributed by atoms with Crippen LogP contribution in [0.1, 0.15) is 49.5 Å². The number of nitrogens with zero attached hydrogens (tertiary/aromatic N) is 1. The summed E-state index contributed by atoms with van der Waals surface area (Å²) in [6.45, 7) is 2.88. The van der Waals surface area contributed by atoms with E-state index in [-0.39, 0.29) is 0 Å². The zero-order chi connectivity index (χ0) is 23.5. The molecule has 0 spiro atoms. The molecule has 1 aromatic heterocycles. The highest BCUT2D eigenvalue weighted by atomic mass is 35.5. The van der Waals surface area contributed by atoms with E-state index in [0.29, 0.717) is 27.8 Å². The summed E-state index contributed by atoms with van der Waals surface area (Å²) in [6, 6.07) is 15.8. The van der Waals surface area contributed by atoms with E-state index in [9.17, 15) is 5.11 Å². The van der Waals surface area contributed by atoms with Crippen LogP contribution in [0.3, 0.4) is 0 Å². The molecule has 4 N–H and O–H groups in total. The predicted molar refractivity (Wildman–Crippen MR) is 138 cm³/mol. The molecule has 1 unspecified atom stereocenters. The second kappa shape index (κ2) is 13.7. The first-order valence-corrected chi connectivity index (χ1v) is 12.4. The number of fused-ring (bicyclic) bond motifs is 1. The Morgan fingerprint density at radius 2 is 1.67 bits per heavy atom. The van der Waals surface area contributed by atoms with Crippen molar-refractivity contribution in [2.75, 3.05) is 32.0 Å². The SMILES string of the molecule is Nc1c(Cl)cc(C(O)CNCCCCCCOCCCc2ccc3ccccc3n2)cc1Cl. The quantitative estimate of drug-likeness (QED) is 0.192. The van der Waals surface area contributed by atoms with Crippen molar-refractivity contribution in [2.24, 2.45) is 0 Å². The van der Waals surface area contributed by atoms with Gasteiger partial charge in [-0.05, 0) is 62.1 Å². The molecule has 1 heterocycles. The Morgan fingerprint density at radius 3 is 2.48 bits per heavy atom. The highest BCUT2D eigenvalue weighted by Crippen LogP contribution is 2.31. The Morgan fingerprint density at radius 1 is 0.939 bits per heavy atom. The summed E-state index contributed by atoms with van der Waals surface area (Å²) < 4.78 is 5.77. The van der Waals surface area contributed by atoms with E-state index >= 15 is 0 Å². The molecule has 3 rings (SSSR count). The molecule has 0 radical (unpaired) electrons. The highest BCUT2D eigenvalue weighted by molar-refractivity contribution is 6.38. The van der Waals surface area contributed by atoms with E-state index in [0.717, 1.165) is 69.5 Å². The minimum Gasteiger partial charge on any atom is -0.396 e. The highest BCUT2D eigenvalue weighted by Gasteiger charge is 2.11. The number of aromatic nitrogens is 1. The lowest BCUT2D eigenvalue weighted by Crippen LogP contribution is -2.22. The molecule has 0 fully saturated rings. The monoisotopic (exact) mass is 489 g/mol. The van der Waals surface area contributed by atoms with Crippen LogP contribution in [0.25, 0.3) is 10.9 Å². The maximum Gasteiger partial charge on any atom is 0.0915 e. The van der Waals surface area contributed by atoms with Crippen LogP contribution in [-0.4, -0.2) is 36.4 Å². The average molecular weight is 490 g/mol. The summed E-state index contributed by atoms with van der Waals surface area (Å²) in [4.78, 5) is 4.70. The molecule has 0 saturated carbocycles. The van der Waals surface area contributed by atoms with Crippen molar-refractivity contribution >= 4 is 39.8 Å². The lowest BCUT2D eigenvalue weighted by Gasteiger charge is -2.14. The van der Waals surface area contributed by atoms with Crippen molar-refractivity contribution in [1.82, 2.24) is 10.3 Å². The fourth-order valence-corrected chi connectivity index (χ4v) is 4.17. The largest absolute Gasteiger partial charge is 0.396 e. The van der Waals surface area contributed by atoms with Gasteiger partial charge in [-0.25, -0.2) is 0 Å². The standard InChI is InChI=1S/C26H33Cl2N3O2/c27-22-16-20(17-23(28)26(22)29)25(32)18-30-13-5-1-2-6-14-33-15-7-9-21-12-11-19-8-3-4-10-24(19)31-21/h3-4,8,10-12,16-17,25,30,32H,1-2,5-7,9,13-15,18,29H2.